The summed E-state index contributed by atoms with van der Waals surface area (Å²) in [6.45, 7) is 0.565. The van der Waals surface area contributed by atoms with Crippen LogP contribution in [0.25, 0.3) is 0 Å². The van der Waals surface area contributed by atoms with Gasteiger partial charge in [-0.2, -0.15) is 0 Å². The number of ether oxygens (including phenoxy) is 1. The number of carbonyl (C=O) groups is 1. The molecule has 0 saturated heterocycles. The highest BCUT2D eigenvalue weighted by Gasteiger charge is 1.86. The summed E-state index contributed by atoms with van der Waals surface area (Å²) in [6, 6.07) is 9.95. The van der Waals surface area contributed by atoms with Gasteiger partial charge in [0.05, 0.1) is 6.26 Å². The third-order valence-corrected chi connectivity index (χ3v) is 1.79. The molecule has 0 aliphatic carbocycles. The summed E-state index contributed by atoms with van der Waals surface area (Å²) < 4.78 is 5.30. The Morgan fingerprint density at radius 1 is 0.938 bits per heavy atom. The summed E-state index contributed by atoms with van der Waals surface area (Å²) in [5, 5.41) is 0. The van der Waals surface area contributed by atoms with Crippen LogP contribution in [0.5, 0.6) is 0 Å². The molecule has 2 nitrogen and oxygen atoms in total. The lowest BCUT2D eigenvalue weighted by Crippen LogP contribution is -1.84. The van der Waals surface area contributed by atoms with E-state index in [0.29, 0.717) is 6.61 Å². The van der Waals surface area contributed by atoms with E-state index < -0.39 is 0 Å². The molecule has 2 heteroatoms. The van der Waals surface area contributed by atoms with Crippen LogP contribution in [0.1, 0.15) is 5.56 Å². The number of allylic oxidation sites excluding steroid dienone is 5. The van der Waals surface area contributed by atoms with Crippen LogP contribution in [0, 0.1) is 0 Å². The van der Waals surface area contributed by atoms with Crippen molar-refractivity contribution in [2.24, 2.45) is 0 Å². The van der Waals surface area contributed by atoms with Gasteiger partial charge in [-0.05, 0) is 17.7 Å². The Morgan fingerprint density at radius 3 is 2.38 bits per heavy atom. The Hall–Kier alpha value is -2.09. The van der Waals surface area contributed by atoms with Crippen molar-refractivity contribution in [1.82, 2.24) is 0 Å². The first-order chi connectivity index (χ1) is 7.93. The Balaban J connectivity index is 2.20. The van der Waals surface area contributed by atoms with Crippen LogP contribution >= 0.6 is 0 Å². The molecule has 82 valence electrons. The third kappa shape index (κ3) is 5.60. The minimum absolute atomic E-state index is 0.565. The normalized spacial score (nSPS) is 11.5. The van der Waals surface area contributed by atoms with Gasteiger partial charge in [-0.15, -0.1) is 0 Å². The molecule has 0 radical (unpaired) electrons. The maximum Gasteiger partial charge on any atom is 0.142 e. The summed E-state index contributed by atoms with van der Waals surface area (Å²) in [7, 11) is 0. The molecule has 0 amide bonds. The van der Waals surface area contributed by atoms with E-state index in [1.165, 1.54) is 6.08 Å². The molecule has 0 aliphatic rings. The van der Waals surface area contributed by atoms with Crippen LogP contribution in [0.4, 0.5) is 0 Å². The molecule has 1 aromatic rings. The predicted octanol–water partition coefficient (Wildman–Crippen LogP) is 3.03. The highest BCUT2D eigenvalue weighted by Crippen LogP contribution is 2.00. The van der Waals surface area contributed by atoms with Gasteiger partial charge >= 0.3 is 0 Å². The van der Waals surface area contributed by atoms with E-state index in [0.717, 1.165) is 11.8 Å². The quantitative estimate of drug-likeness (QED) is 0.315. The van der Waals surface area contributed by atoms with E-state index in [1.54, 1.807) is 30.6 Å². The number of hydrogen-bond donors (Lipinski definition) is 0. The number of aldehydes is 1. The molecular formula is C14H14O2. The van der Waals surface area contributed by atoms with Gasteiger partial charge in [0.1, 0.15) is 12.9 Å². The average molecular weight is 214 g/mol. The SMILES string of the molecule is O=CC=CC=CC=COCc1ccccc1. The smallest absolute Gasteiger partial charge is 0.142 e. The van der Waals surface area contributed by atoms with E-state index in [9.17, 15) is 4.79 Å². The lowest BCUT2D eigenvalue weighted by Gasteiger charge is -1.99. The molecule has 0 fully saturated rings. The van der Waals surface area contributed by atoms with Gasteiger partial charge in [0.15, 0.2) is 0 Å². The third-order valence-electron chi connectivity index (χ3n) is 1.79. The molecule has 0 N–H and O–H groups in total. The fraction of sp³-hybridized carbons (Fsp3) is 0.0714. The topological polar surface area (TPSA) is 26.3 Å². The van der Waals surface area contributed by atoms with Gasteiger partial charge in [-0.1, -0.05) is 48.6 Å². The van der Waals surface area contributed by atoms with Gasteiger partial charge in [0.25, 0.3) is 0 Å². The van der Waals surface area contributed by atoms with Crippen LogP contribution in [0.2, 0.25) is 0 Å². The van der Waals surface area contributed by atoms with Crippen LogP contribution in [0.15, 0.2) is 67.0 Å². The maximum atomic E-state index is 9.93. The first-order valence-electron chi connectivity index (χ1n) is 5.02. The number of carbonyl (C=O) groups excluding carboxylic acids is 1. The maximum absolute atomic E-state index is 9.93. The second-order valence-electron chi connectivity index (χ2n) is 3.03. The molecule has 16 heavy (non-hydrogen) atoms. The largest absolute Gasteiger partial charge is 0.497 e. The summed E-state index contributed by atoms with van der Waals surface area (Å²) in [5.74, 6) is 0. The van der Waals surface area contributed by atoms with E-state index in [2.05, 4.69) is 0 Å². The standard InChI is InChI=1S/C14H14O2/c15-11-7-2-1-3-8-12-16-13-14-9-5-4-6-10-14/h1-12H,13H2. The molecule has 0 saturated carbocycles. The van der Waals surface area contributed by atoms with Crippen molar-refractivity contribution in [3.8, 4) is 0 Å². The number of rotatable bonds is 6. The van der Waals surface area contributed by atoms with Crippen molar-refractivity contribution in [1.29, 1.82) is 0 Å². The highest BCUT2D eigenvalue weighted by atomic mass is 16.5. The fourth-order valence-corrected chi connectivity index (χ4v) is 1.06. The van der Waals surface area contributed by atoms with Gasteiger partial charge in [0, 0.05) is 0 Å². The highest BCUT2D eigenvalue weighted by molar-refractivity contribution is 5.65. The molecule has 0 atom stereocenters. The van der Waals surface area contributed by atoms with E-state index in [4.69, 9.17) is 4.74 Å². The average Bonchev–Trinajstić information content (AvgIpc) is 2.34. The minimum Gasteiger partial charge on any atom is -0.497 e. The molecule has 0 spiro atoms. The van der Waals surface area contributed by atoms with Gasteiger partial charge in [-0.3, -0.25) is 4.79 Å². The van der Waals surface area contributed by atoms with Crippen LogP contribution in [0.3, 0.4) is 0 Å². The van der Waals surface area contributed by atoms with Crippen molar-refractivity contribution < 1.29 is 9.53 Å². The Morgan fingerprint density at radius 2 is 1.62 bits per heavy atom. The van der Waals surface area contributed by atoms with Crippen molar-refractivity contribution in [2.45, 2.75) is 6.61 Å². The zero-order valence-electron chi connectivity index (χ0n) is 8.95. The number of benzene rings is 1. The van der Waals surface area contributed by atoms with Crippen molar-refractivity contribution >= 4 is 6.29 Å². The van der Waals surface area contributed by atoms with E-state index in [1.807, 2.05) is 30.3 Å². The lowest BCUT2D eigenvalue weighted by molar-refractivity contribution is -0.104. The molecule has 0 unspecified atom stereocenters. The fourth-order valence-electron chi connectivity index (χ4n) is 1.06. The zero-order valence-corrected chi connectivity index (χ0v) is 8.95. The number of hydrogen-bond acceptors (Lipinski definition) is 2. The second-order valence-corrected chi connectivity index (χ2v) is 3.03. The van der Waals surface area contributed by atoms with E-state index in [-0.39, 0.29) is 0 Å². The molecule has 0 aliphatic heterocycles. The predicted molar refractivity (Wildman–Crippen MR) is 64.7 cm³/mol. The molecule has 0 bridgehead atoms. The van der Waals surface area contributed by atoms with E-state index >= 15 is 0 Å². The lowest BCUT2D eigenvalue weighted by atomic mass is 10.2. The van der Waals surface area contributed by atoms with Crippen molar-refractivity contribution in [3.63, 3.8) is 0 Å². The Labute approximate surface area is 95.6 Å². The zero-order chi connectivity index (χ0) is 11.5. The summed E-state index contributed by atoms with van der Waals surface area (Å²) in [5.41, 5.74) is 1.14. The molecular weight excluding hydrogens is 200 g/mol. The summed E-state index contributed by atoms with van der Waals surface area (Å²) >= 11 is 0. The van der Waals surface area contributed by atoms with Crippen molar-refractivity contribution in [2.75, 3.05) is 0 Å². The van der Waals surface area contributed by atoms with Crippen molar-refractivity contribution in [3.05, 3.63) is 72.5 Å². The second kappa shape index (κ2) is 8.24. The molecule has 1 rings (SSSR count). The first-order valence-corrected chi connectivity index (χ1v) is 5.02. The first kappa shape index (κ1) is 12.0. The minimum atomic E-state index is 0.565. The van der Waals surface area contributed by atoms with Crippen LogP contribution < -0.4 is 0 Å². The summed E-state index contributed by atoms with van der Waals surface area (Å²) in [4.78, 5) is 9.93. The van der Waals surface area contributed by atoms with Crippen LogP contribution in [-0.4, -0.2) is 6.29 Å². The Kier molecular flexibility index (Phi) is 6.17. The molecule has 0 aromatic heterocycles. The van der Waals surface area contributed by atoms with Gasteiger partial charge in [0.2, 0.25) is 0 Å². The molecule has 0 heterocycles. The van der Waals surface area contributed by atoms with Gasteiger partial charge < -0.3 is 4.74 Å². The van der Waals surface area contributed by atoms with Crippen LogP contribution in [-0.2, 0) is 16.1 Å². The summed E-state index contributed by atoms with van der Waals surface area (Å²) in [6.07, 6.45) is 10.8. The molecule has 1 aromatic carbocycles. The van der Waals surface area contributed by atoms with Gasteiger partial charge in [-0.25, -0.2) is 0 Å². The Bertz CT molecular complexity index is 375. The monoisotopic (exact) mass is 214 g/mol.